The summed E-state index contributed by atoms with van der Waals surface area (Å²) in [6.45, 7) is 0.612. The molecule has 0 amide bonds. The Bertz CT molecular complexity index is 405. The molecular formula is C12H17NO4S. The Morgan fingerprint density at radius 3 is 2.72 bits per heavy atom. The van der Waals surface area contributed by atoms with E-state index in [0.717, 1.165) is 6.42 Å². The van der Waals surface area contributed by atoms with Gasteiger partial charge in [-0.3, -0.25) is 9.19 Å². The first kappa shape index (κ1) is 14.8. The van der Waals surface area contributed by atoms with Crippen LogP contribution in [0, 0.1) is 0 Å². The van der Waals surface area contributed by atoms with Crippen molar-refractivity contribution in [1.29, 1.82) is 0 Å². The van der Waals surface area contributed by atoms with E-state index >= 15 is 0 Å². The van der Waals surface area contributed by atoms with Crippen molar-refractivity contribution in [3.05, 3.63) is 29.6 Å². The third-order valence-corrected chi connectivity index (χ3v) is 3.64. The number of hydrogen-bond acceptors (Lipinski definition) is 5. The number of methoxy groups -OCH3 is 2. The summed E-state index contributed by atoms with van der Waals surface area (Å²) in [4.78, 5) is 15.3. The Morgan fingerprint density at radius 1 is 1.39 bits per heavy atom. The van der Waals surface area contributed by atoms with E-state index in [1.807, 2.05) is 0 Å². The molecule has 18 heavy (non-hydrogen) atoms. The summed E-state index contributed by atoms with van der Waals surface area (Å²) >= 11 is 0. The number of hydrogen-bond donors (Lipinski definition) is 0. The highest BCUT2D eigenvalue weighted by atomic mass is 32.2. The van der Waals surface area contributed by atoms with Crippen molar-refractivity contribution in [3.63, 3.8) is 0 Å². The van der Waals surface area contributed by atoms with Gasteiger partial charge in [0.25, 0.3) is 0 Å². The number of carbonyl (C=O) groups is 1. The Labute approximate surface area is 109 Å². The third kappa shape index (κ3) is 4.93. The second-order valence-corrected chi connectivity index (χ2v) is 5.24. The highest BCUT2D eigenvalue weighted by molar-refractivity contribution is 7.84. The first-order valence-electron chi connectivity index (χ1n) is 5.54. The molecule has 1 aromatic rings. The Kier molecular flexibility index (Phi) is 6.53. The zero-order valence-electron chi connectivity index (χ0n) is 10.5. The number of rotatable bonds is 7. The highest BCUT2D eigenvalue weighted by Gasteiger charge is 2.07. The Hall–Kier alpha value is -1.27. The van der Waals surface area contributed by atoms with Crippen LogP contribution in [-0.2, 0) is 26.0 Å². The van der Waals surface area contributed by atoms with E-state index in [2.05, 4.69) is 9.72 Å². The first-order valence-corrected chi connectivity index (χ1v) is 7.03. The molecule has 0 saturated carbocycles. The van der Waals surface area contributed by atoms with Crippen LogP contribution in [0.5, 0.6) is 0 Å². The molecule has 1 aromatic heterocycles. The zero-order valence-corrected chi connectivity index (χ0v) is 11.4. The lowest BCUT2D eigenvalue weighted by atomic mass is 10.2. The summed E-state index contributed by atoms with van der Waals surface area (Å²) < 4.78 is 21.2. The zero-order chi connectivity index (χ0) is 13.4. The number of ether oxygens (including phenoxy) is 2. The fraction of sp³-hybridized carbons (Fsp3) is 0.500. The fourth-order valence-corrected chi connectivity index (χ4v) is 2.43. The molecule has 0 radical (unpaired) electrons. The quantitative estimate of drug-likeness (QED) is 0.550. The minimum absolute atomic E-state index is 0.394. The van der Waals surface area contributed by atoms with E-state index in [0.29, 0.717) is 29.4 Å². The average molecular weight is 271 g/mol. The number of carbonyl (C=O) groups excluding carboxylic acids is 1. The van der Waals surface area contributed by atoms with Crippen LogP contribution in [-0.4, -0.2) is 41.7 Å². The maximum atomic E-state index is 11.7. The molecule has 0 aliphatic heterocycles. The first-order chi connectivity index (χ1) is 8.67. The standard InChI is InChI=1S/C12H17NO4S/c1-16-6-3-7-18(15)9-11-5-4-10(8-13-11)12(14)17-2/h4-5,8H,3,6-7,9H2,1-2H3. The van der Waals surface area contributed by atoms with Gasteiger partial charge < -0.3 is 9.47 Å². The van der Waals surface area contributed by atoms with Crippen LogP contribution < -0.4 is 0 Å². The molecule has 0 bridgehead atoms. The van der Waals surface area contributed by atoms with Gasteiger partial charge in [-0.2, -0.15) is 0 Å². The normalized spacial score (nSPS) is 12.1. The molecule has 6 heteroatoms. The summed E-state index contributed by atoms with van der Waals surface area (Å²) in [6, 6.07) is 3.32. The predicted octanol–water partition coefficient (Wildman–Crippen LogP) is 1.15. The molecule has 0 aromatic carbocycles. The molecule has 100 valence electrons. The number of esters is 1. The van der Waals surface area contributed by atoms with Gasteiger partial charge in [-0.05, 0) is 18.6 Å². The van der Waals surface area contributed by atoms with Gasteiger partial charge in [0.2, 0.25) is 0 Å². The lowest BCUT2D eigenvalue weighted by Crippen LogP contribution is -2.06. The van der Waals surface area contributed by atoms with Crippen molar-refractivity contribution in [1.82, 2.24) is 4.98 Å². The summed E-state index contributed by atoms with van der Waals surface area (Å²) in [5.41, 5.74) is 1.10. The number of aromatic nitrogens is 1. The second-order valence-electron chi connectivity index (χ2n) is 3.66. The van der Waals surface area contributed by atoms with Crippen molar-refractivity contribution in [2.75, 3.05) is 26.6 Å². The van der Waals surface area contributed by atoms with Gasteiger partial charge in [0.15, 0.2) is 0 Å². The van der Waals surface area contributed by atoms with Gasteiger partial charge in [0.05, 0.1) is 24.1 Å². The molecule has 0 aliphatic rings. The molecule has 0 spiro atoms. The smallest absolute Gasteiger partial charge is 0.339 e. The van der Waals surface area contributed by atoms with E-state index in [9.17, 15) is 9.00 Å². The number of nitrogens with zero attached hydrogens (tertiary/aromatic N) is 1. The van der Waals surface area contributed by atoms with Crippen molar-refractivity contribution in [2.45, 2.75) is 12.2 Å². The highest BCUT2D eigenvalue weighted by Crippen LogP contribution is 2.05. The summed E-state index contributed by atoms with van der Waals surface area (Å²) in [5.74, 6) is 0.565. The van der Waals surface area contributed by atoms with Gasteiger partial charge in [-0.1, -0.05) is 0 Å². The van der Waals surface area contributed by atoms with Gasteiger partial charge in [0, 0.05) is 36.5 Å². The Morgan fingerprint density at radius 2 is 2.17 bits per heavy atom. The minimum Gasteiger partial charge on any atom is -0.465 e. The molecule has 1 atom stereocenters. The molecule has 0 saturated heterocycles. The van der Waals surface area contributed by atoms with Crippen LogP contribution in [0.1, 0.15) is 22.5 Å². The van der Waals surface area contributed by atoms with Crippen LogP contribution in [0.2, 0.25) is 0 Å². The predicted molar refractivity (Wildman–Crippen MR) is 68.8 cm³/mol. The summed E-state index contributed by atoms with van der Waals surface area (Å²) in [5, 5.41) is 0. The molecule has 1 rings (SSSR count). The SMILES string of the molecule is COCCCS(=O)Cc1ccc(C(=O)OC)cn1. The monoisotopic (exact) mass is 271 g/mol. The lowest BCUT2D eigenvalue weighted by molar-refractivity contribution is 0.0600. The third-order valence-electron chi connectivity index (χ3n) is 2.28. The van der Waals surface area contributed by atoms with Crippen molar-refractivity contribution < 1.29 is 18.5 Å². The second kappa shape index (κ2) is 7.94. The van der Waals surface area contributed by atoms with Gasteiger partial charge in [0.1, 0.15) is 0 Å². The Balaban J connectivity index is 2.48. The maximum absolute atomic E-state index is 11.7. The number of pyridine rings is 1. The molecule has 0 fully saturated rings. The molecule has 0 aliphatic carbocycles. The molecular weight excluding hydrogens is 254 g/mol. The van der Waals surface area contributed by atoms with Gasteiger partial charge in [-0.15, -0.1) is 0 Å². The van der Waals surface area contributed by atoms with Crippen LogP contribution in [0.15, 0.2) is 18.3 Å². The van der Waals surface area contributed by atoms with E-state index < -0.39 is 16.8 Å². The molecule has 5 nitrogen and oxygen atoms in total. The van der Waals surface area contributed by atoms with Crippen LogP contribution >= 0.6 is 0 Å². The lowest BCUT2D eigenvalue weighted by Gasteiger charge is -2.03. The average Bonchev–Trinajstić information content (AvgIpc) is 2.39. The van der Waals surface area contributed by atoms with Gasteiger partial charge in [-0.25, -0.2) is 4.79 Å². The van der Waals surface area contributed by atoms with Crippen LogP contribution in [0.3, 0.4) is 0 Å². The topological polar surface area (TPSA) is 65.5 Å². The molecule has 1 heterocycles. The minimum atomic E-state index is -0.950. The van der Waals surface area contributed by atoms with Crippen LogP contribution in [0.25, 0.3) is 0 Å². The van der Waals surface area contributed by atoms with Crippen molar-refractivity contribution in [3.8, 4) is 0 Å². The summed E-state index contributed by atoms with van der Waals surface area (Å²) in [7, 11) is 1.99. The van der Waals surface area contributed by atoms with Crippen LogP contribution in [0.4, 0.5) is 0 Å². The van der Waals surface area contributed by atoms with Gasteiger partial charge >= 0.3 is 5.97 Å². The molecule has 1 unspecified atom stereocenters. The largest absolute Gasteiger partial charge is 0.465 e. The fourth-order valence-electron chi connectivity index (χ4n) is 1.35. The molecule has 0 N–H and O–H groups in total. The van der Waals surface area contributed by atoms with E-state index in [1.54, 1.807) is 19.2 Å². The van der Waals surface area contributed by atoms with E-state index in [4.69, 9.17) is 4.74 Å². The van der Waals surface area contributed by atoms with E-state index in [1.165, 1.54) is 13.3 Å². The van der Waals surface area contributed by atoms with E-state index in [-0.39, 0.29) is 0 Å². The summed E-state index contributed by atoms with van der Waals surface area (Å²) in [6.07, 6.45) is 2.21. The maximum Gasteiger partial charge on any atom is 0.339 e. The van der Waals surface area contributed by atoms with Crippen molar-refractivity contribution >= 4 is 16.8 Å². The van der Waals surface area contributed by atoms with Crippen molar-refractivity contribution in [2.24, 2.45) is 0 Å².